The second-order valence-corrected chi connectivity index (χ2v) is 9.87. The van der Waals surface area contributed by atoms with Crippen LogP contribution in [0.2, 0.25) is 0 Å². The molecule has 1 amide bonds. The van der Waals surface area contributed by atoms with Gasteiger partial charge in [-0.05, 0) is 37.2 Å². The largest absolute Gasteiger partial charge is 0.466 e. The molecule has 1 aromatic carbocycles. The van der Waals surface area contributed by atoms with Crippen molar-refractivity contribution in [3.05, 3.63) is 62.3 Å². The predicted octanol–water partition coefficient (Wildman–Crippen LogP) is 3.92. The number of methoxy groups -OCH3 is 1. The number of amides is 1. The molecule has 4 rings (SSSR count). The van der Waals surface area contributed by atoms with Crippen LogP contribution in [-0.4, -0.2) is 64.5 Å². The SMILES string of the molecule is CCOC(=O)C1CCN(C(=O)CC2=CSC3=NC(CC)=C(C(=O)OC)C(c4cccc([N+](=O)[O-])c4)N23)CC1. The molecule has 3 heterocycles. The maximum absolute atomic E-state index is 13.3. The summed E-state index contributed by atoms with van der Waals surface area (Å²) in [7, 11) is 1.28. The number of allylic oxidation sites excluding steroid dienone is 1. The third-order valence-corrected chi connectivity index (χ3v) is 7.71. The van der Waals surface area contributed by atoms with E-state index >= 15 is 0 Å². The fourth-order valence-electron chi connectivity index (χ4n) is 4.93. The van der Waals surface area contributed by atoms with Gasteiger partial charge in [0.25, 0.3) is 5.69 Å². The van der Waals surface area contributed by atoms with E-state index in [0.717, 1.165) is 0 Å². The van der Waals surface area contributed by atoms with Gasteiger partial charge in [0.1, 0.15) is 0 Å². The number of carbonyl (C=O) groups excluding carboxylic acids is 3. The van der Waals surface area contributed by atoms with Crippen LogP contribution in [0.3, 0.4) is 0 Å². The maximum atomic E-state index is 13.3. The molecule has 0 aliphatic carbocycles. The summed E-state index contributed by atoms with van der Waals surface area (Å²) in [6.07, 6.45) is 1.59. The number of esters is 2. The molecule has 38 heavy (non-hydrogen) atoms. The van der Waals surface area contributed by atoms with Gasteiger partial charge in [0.2, 0.25) is 5.91 Å². The molecule has 3 aliphatic rings. The van der Waals surface area contributed by atoms with E-state index in [-0.39, 0.29) is 35.5 Å². The summed E-state index contributed by atoms with van der Waals surface area (Å²) >= 11 is 1.34. The lowest BCUT2D eigenvalue weighted by atomic mass is 9.92. The number of nitrogens with zero attached hydrogens (tertiary/aromatic N) is 4. The van der Waals surface area contributed by atoms with Crippen molar-refractivity contribution in [1.82, 2.24) is 9.80 Å². The minimum atomic E-state index is -0.742. The van der Waals surface area contributed by atoms with Crippen molar-refractivity contribution in [2.45, 2.75) is 45.6 Å². The number of thioether (sulfide) groups is 1. The number of benzene rings is 1. The Hall–Kier alpha value is -3.67. The summed E-state index contributed by atoms with van der Waals surface area (Å²) in [5, 5.41) is 13.9. The fraction of sp³-hybridized carbons (Fsp3) is 0.462. The summed E-state index contributed by atoms with van der Waals surface area (Å²) in [6, 6.07) is 5.38. The Kier molecular flexibility index (Phi) is 8.50. The van der Waals surface area contributed by atoms with E-state index in [0.29, 0.717) is 61.1 Å². The number of hydrogen-bond donors (Lipinski definition) is 0. The number of ether oxygens (including phenoxy) is 2. The molecular formula is C26H30N4O7S. The van der Waals surface area contributed by atoms with Crippen LogP contribution in [0.1, 0.15) is 51.1 Å². The molecule has 0 N–H and O–H groups in total. The van der Waals surface area contributed by atoms with Gasteiger partial charge in [-0.1, -0.05) is 30.8 Å². The number of likely N-dealkylation sites (tertiary alicyclic amines) is 1. The third-order valence-electron chi connectivity index (χ3n) is 6.83. The van der Waals surface area contributed by atoms with Crippen LogP contribution < -0.4 is 0 Å². The predicted molar refractivity (Wildman–Crippen MR) is 141 cm³/mol. The Morgan fingerprint density at radius 3 is 2.58 bits per heavy atom. The smallest absolute Gasteiger partial charge is 0.338 e. The average Bonchev–Trinajstić information content (AvgIpc) is 3.33. The molecule has 1 fully saturated rings. The zero-order chi connectivity index (χ0) is 27.4. The van der Waals surface area contributed by atoms with E-state index < -0.39 is 16.9 Å². The van der Waals surface area contributed by atoms with Gasteiger partial charge in [-0.25, -0.2) is 9.79 Å². The number of amidine groups is 1. The molecular weight excluding hydrogens is 512 g/mol. The van der Waals surface area contributed by atoms with Gasteiger partial charge in [-0.15, -0.1) is 0 Å². The number of nitro groups is 1. The first-order valence-electron chi connectivity index (χ1n) is 12.5. The Balaban J connectivity index is 1.61. The van der Waals surface area contributed by atoms with Crippen molar-refractivity contribution in [1.29, 1.82) is 0 Å². The van der Waals surface area contributed by atoms with Gasteiger partial charge >= 0.3 is 11.9 Å². The summed E-state index contributed by atoms with van der Waals surface area (Å²) in [5.74, 6) is -1.12. The summed E-state index contributed by atoms with van der Waals surface area (Å²) < 4.78 is 10.2. The summed E-state index contributed by atoms with van der Waals surface area (Å²) in [4.78, 5) is 57.6. The quantitative estimate of drug-likeness (QED) is 0.272. The van der Waals surface area contributed by atoms with Crippen molar-refractivity contribution in [3.63, 3.8) is 0 Å². The molecule has 0 radical (unpaired) electrons. The highest BCUT2D eigenvalue weighted by Crippen LogP contribution is 2.46. The molecule has 202 valence electrons. The van der Waals surface area contributed by atoms with Gasteiger partial charge in [0, 0.05) is 30.9 Å². The van der Waals surface area contributed by atoms with Crippen LogP contribution in [0.15, 0.2) is 51.6 Å². The van der Waals surface area contributed by atoms with Gasteiger partial charge in [-0.2, -0.15) is 0 Å². The van der Waals surface area contributed by atoms with Crippen molar-refractivity contribution < 1.29 is 28.8 Å². The molecule has 12 heteroatoms. The van der Waals surface area contributed by atoms with Gasteiger partial charge < -0.3 is 19.3 Å². The lowest BCUT2D eigenvalue weighted by Crippen LogP contribution is -2.42. The number of carbonyl (C=O) groups is 3. The second-order valence-electron chi connectivity index (χ2n) is 9.04. The number of aliphatic imine (C=N–C) groups is 1. The molecule has 1 unspecified atom stereocenters. The highest BCUT2D eigenvalue weighted by molar-refractivity contribution is 8.16. The zero-order valence-electron chi connectivity index (χ0n) is 21.5. The van der Waals surface area contributed by atoms with E-state index in [1.54, 1.807) is 28.9 Å². The third kappa shape index (κ3) is 5.45. The first-order valence-corrected chi connectivity index (χ1v) is 13.4. The molecule has 0 bridgehead atoms. The Morgan fingerprint density at radius 1 is 1.21 bits per heavy atom. The standard InChI is InChI=1S/C26H30N4O7S/c1-4-20-22(25(33)36-3)23(17-7-6-8-18(13-17)30(34)35)29-19(15-38-26(29)27-20)14-21(31)28-11-9-16(10-12-28)24(32)37-5-2/h6-8,13,15-16,23H,4-5,9-12,14H2,1-3H3. The molecule has 0 saturated carbocycles. The first-order chi connectivity index (χ1) is 18.3. The highest BCUT2D eigenvalue weighted by Gasteiger charge is 2.42. The molecule has 0 spiro atoms. The van der Waals surface area contributed by atoms with Crippen LogP contribution in [0.5, 0.6) is 0 Å². The lowest BCUT2D eigenvalue weighted by Gasteiger charge is -2.37. The Labute approximate surface area is 224 Å². The van der Waals surface area contributed by atoms with Crippen molar-refractivity contribution in [3.8, 4) is 0 Å². The normalized spacial score (nSPS) is 19.5. The van der Waals surface area contributed by atoms with Gasteiger partial charge in [0.15, 0.2) is 5.17 Å². The van der Waals surface area contributed by atoms with Crippen LogP contribution in [0.25, 0.3) is 0 Å². The monoisotopic (exact) mass is 542 g/mol. The molecule has 0 aromatic heterocycles. The molecule has 3 aliphatic heterocycles. The van der Waals surface area contributed by atoms with E-state index in [2.05, 4.69) is 4.99 Å². The molecule has 1 aromatic rings. The van der Waals surface area contributed by atoms with Crippen LogP contribution in [0.4, 0.5) is 5.69 Å². The molecule has 1 saturated heterocycles. The zero-order valence-corrected chi connectivity index (χ0v) is 22.4. The van der Waals surface area contributed by atoms with E-state index in [1.807, 2.05) is 12.3 Å². The first kappa shape index (κ1) is 27.4. The second kappa shape index (κ2) is 11.8. The number of nitro benzene ring substituents is 1. The van der Waals surface area contributed by atoms with E-state index in [4.69, 9.17) is 9.47 Å². The number of rotatable bonds is 8. The van der Waals surface area contributed by atoms with Crippen molar-refractivity contribution in [2.24, 2.45) is 10.9 Å². The summed E-state index contributed by atoms with van der Waals surface area (Å²) in [5.41, 5.74) is 1.88. The highest BCUT2D eigenvalue weighted by atomic mass is 32.2. The fourth-order valence-corrected chi connectivity index (χ4v) is 5.87. The molecule has 11 nitrogen and oxygen atoms in total. The van der Waals surface area contributed by atoms with E-state index in [1.165, 1.54) is 31.0 Å². The average molecular weight is 543 g/mol. The number of non-ortho nitro benzene ring substituents is 1. The Bertz CT molecular complexity index is 1230. The number of fused-ring (bicyclic) bond motifs is 1. The maximum Gasteiger partial charge on any atom is 0.338 e. The number of hydrogen-bond acceptors (Lipinski definition) is 10. The van der Waals surface area contributed by atoms with E-state index in [9.17, 15) is 24.5 Å². The minimum Gasteiger partial charge on any atom is -0.466 e. The Morgan fingerprint density at radius 2 is 1.95 bits per heavy atom. The van der Waals surface area contributed by atoms with Gasteiger partial charge in [0.05, 0.1) is 48.3 Å². The lowest BCUT2D eigenvalue weighted by molar-refractivity contribution is -0.384. The topological polar surface area (TPSA) is 132 Å². The van der Waals surface area contributed by atoms with Gasteiger partial charge in [-0.3, -0.25) is 19.7 Å². The minimum absolute atomic E-state index is 0.0530. The van der Waals surface area contributed by atoms with Crippen LogP contribution in [-0.2, 0) is 23.9 Å². The number of piperidine rings is 1. The summed E-state index contributed by atoms with van der Waals surface area (Å²) in [6.45, 7) is 4.88. The van der Waals surface area contributed by atoms with Crippen molar-refractivity contribution >= 4 is 40.5 Å². The van der Waals surface area contributed by atoms with Crippen LogP contribution >= 0.6 is 11.8 Å². The van der Waals surface area contributed by atoms with Crippen LogP contribution in [0, 0.1) is 16.0 Å². The van der Waals surface area contributed by atoms with Crippen molar-refractivity contribution in [2.75, 3.05) is 26.8 Å². The molecule has 1 atom stereocenters.